The third kappa shape index (κ3) is 2.61. The largest absolute Gasteiger partial charge is 0.330 e. The van der Waals surface area contributed by atoms with E-state index in [4.69, 9.17) is 5.73 Å². The number of piperidine rings is 1. The summed E-state index contributed by atoms with van der Waals surface area (Å²) in [4.78, 5) is 14.4. The fraction of sp³-hybridized carbons (Fsp3) is 0.500. The summed E-state index contributed by atoms with van der Waals surface area (Å²) in [5.41, 5.74) is 8.74. The average Bonchev–Trinajstić information content (AvgIpc) is 2.76. The number of rotatable bonds is 2. The molecule has 3 rings (SSSR count). The van der Waals surface area contributed by atoms with Crippen LogP contribution in [0.4, 0.5) is 0 Å². The highest BCUT2D eigenvalue weighted by atomic mass is 35.5. The molecule has 0 aliphatic carbocycles. The fourth-order valence-electron chi connectivity index (χ4n) is 2.92. The fourth-order valence-corrected chi connectivity index (χ4v) is 2.92. The number of benzene rings is 1. The molecular formula is C14H20ClN3O. The van der Waals surface area contributed by atoms with Gasteiger partial charge in [-0.05, 0) is 36.6 Å². The van der Waals surface area contributed by atoms with Gasteiger partial charge >= 0.3 is 0 Å². The van der Waals surface area contributed by atoms with Crippen molar-refractivity contribution in [3.8, 4) is 0 Å². The molecule has 0 spiro atoms. The third-order valence-electron chi connectivity index (χ3n) is 3.95. The van der Waals surface area contributed by atoms with Crippen LogP contribution in [0.3, 0.4) is 0 Å². The summed E-state index contributed by atoms with van der Waals surface area (Å²) in [6, 6.07) is 6.30. The number of nitrogens with zero attached hydrogens (tertiary/aromatic N) is 1. The molecule has 1 aromatic rings. The third-order valence-corrected chi connectivity index (χ3v) is 3.95. The molecule has 0 radical (unpaired) electrons. The lowest BCUT2D eigenvalue weighted by atomic mass is 10.1. The van der Waals surface area contributed by atoms with Crippen LogP contribution in [0.2, 0.25) is 0 Å². The van der Waals surface area contributed by atoms with Gasteiger partial charge in [-0.15, -0.1) is 12.4 Å². The average molecular weight is 282 g/mol. The first-order valence-electron chi connectivity index (χ1n) is 6.63. The summed E-state index contributed by atoms with van der Waals surface area (Å²) in [5.74, 6) is 0.183. The molecule has 4 nitrogen and oxygen atoms in total. The Bertz CT molecular complexity index is 472. The topological polar surface area (TPSA) is 58.4 Å². The van der Waals surface area contributed by atoms with Gasteiger partial charge in [0.25, 0.3) is 5.91 Å². The molecule has 1 amide bonds. The van der Waals surface area contributed by atoms with Crippen molar-refractivity contribution in [2.24, 2.45) is 5.73 Å². The number of hydrogen-bond acceptors (Lipinski definition) is 3. The number of halogens is 1. The van der Waals surface area contributed by atoms with Gasteiger partial charge in [-0.25, -0.2) is 0 Å². The van der Waals surface area contributed by atoms with Crippen molar-refractivity contribution >= 4 is 18.3 Å². The normalized spacial score (nSPS) is 22.1. The Kier molecular flexibility index (Phi) is 4.45. The molecule has 0 saturated carbocycles. The highest BCUT2D eigenvalue weighted by Crippen LogP contribution is 2.27. The van der Waals surface area contributed by atoms with Gasteiger partial charge in [0.1, 0.15) is 0 Å². The van der Waals surface area contributed by atoms with Crippen molar-refractivity contribution < 1.29 is 4.79 Å². The number of carbonyl (C=O) groups is 1. The van der Waals surface area contributed by atoms with E-state index < -0.39 is 0 Å². The molecular weight excluding hydrogens is 262 g/mol. The summed E-state index contributed by atoms with van der Waals surface area (Å²) in [6.45, 7) is 3.27. The summed E-state index contributed by atoms with van der Waals surface area (Å²) < 4.78 is 0. The Morgan fingerprint density at radius 1 is 1.42 bits per heavy atom. The van der Waals surface area contributed by atoms with Gasteiger partial charge in [-0.1, -0.05) is 12.1 Å². The van der Waals surface area contributed by atoms with Crippen molar-refractivity contribution in [2.75, 3.05) is 13.1 Å². The highest BCUT2D eigenvalue weighted by molar-refractivity contribution is 5.98. The second kappa shape index (κ2) is 5.90. The van der Waals surface area contributed by atoms with E-state index >= 15 is 0 Å². The zero-order valence-electron chi connectivity index (χ0n) is 10.9. The second-order valence-corrected chi connectivity index (χ2v) is 5.13. The van der Waals surface area contributed by atoms with E-state index in [1.165, 1.54) is 0 Å². The Morgan fingerprint density at radius 2 is 2.26 bits per heavy atom. The van der Waals surface area contributed by atoms with Gasteiger partial charge in [0.05, 0.1) is 0 Å². The zero-order chi connectivity index (χ0) is 12.5. The number of hydrogen-bond donors (Lipinski definition) is 2. The summed E-state index contributed by atoms with van der Waals surface area (Å²) in [6.07, 6.45) is 2.26. The van der Waals surface area contributed by atoms with Gasteiger partial charge in [0.2, 0.25) is 0 Å². The molecule has 19 heavy (non-hydrogen) atoms. The summed E-state index contributed by atoms with van der Waals surface area (Å²) in [5, 5.41) is 3.37. The van der Waals surface area contributed by atoms with E-state index in [2.05, 4.69) is 11.4 Å². The van der Waals surface area contributed by atoms with Crippen molar-refractivity contribution in [2.45, 2.75) is 32.0 Å². The van der Waals surface area contributed by atoms with Crippen molar-refractivity contribution in [3.63, 3.8) is 0 Å². The first-order valence-corrected chi connectivity index (χ1v) is 6.63. The first-order chi connectivity index (χ1) is 8.79. The van der Waals surface area contributed by atoms with Crippen LogP contribution >= 0.6 is 12.4 Å². The maximum atomic E-state index is 12.4. The molecule has 5 heteroatoms. The van der Waals surface area contributed by atoms with Gasteiger partial charge in [0.15, 0.2) is 0 Å². The van der Waals surface area contributed by atoms with Crippen molar-refractivity contribution in [1.82, 2.24) is 10.2 Å². The van der Waals surface area contributed by atoms with Crippen molar-refractivity contribution in [1.29, 1.82) is 0 Å². The standard InChI is InChI=1S/C14H19N3O.ClH/c15-7-10-3-4-13-11(6-10)9-17(14(13)18)12-2-1-5-16-8-12;/h3-4,6,12,16H,1-2,5,7-9,15H2;1H. The molecule has 1 aromatic carbocycles. The zero-order valence-corrected chi connectivity index (χ0v) is 11.7. The lowest BCUT2D eigenvalue weighted by Gasteiger charge is -2.31. The van der Waals surface area contributed by atoms with Gasteiger partial charge in [-0.3, -0.25) is 4.79 Å². The lowest BCUT2D eigenvalue weighted by Crippen LogP contribution is -2.46. The number of nitrogens with one attached hydrogen (secondary N) is 1. The molecule has 0 aromatic heterocycles. The quantitative estimate of drug-likeness (QED) is 0.858. The smallest absolute Gasteiger partial charge is 0.254 e. The van der Waals surface area contributed by atoms with E-state index in [-0.39, 0.29) is 18.3 Å². The molecule has 2 aliphatic rings. The molecule has 3 N–H and O–H groups in total. The maximum Gasteiger partial charge on any atom is 0.254 e. The first kappa shape index (κ1) is 14.3. The van der Waals surface area contributed by atoms with E-state index in [0.29, 0.717) is 12.6 Å². The predicted octanol–water partition coefficient (Wildman–Crippen LogP) is 1.27. The van der Waals surface area contributed by atoms with Crippen LogP contribution in [-0.4, -0.2) is 29.9 Å². The molecule has 1 atom stereocenters. The molecule has 1 saturated heterocycles. The van der Waals surface area contributed by atoms with Crippen LogP contribution in [0.5, 0.6) is 0 Å². The Hall–Kier alpha value is -1.10. The Labute approximate surface area is 119 Å². The number of amides is 1. The predicted molar refractivity (Wildman–Crippen MR) is 77.3 cm³/mol. The highest BCUT2D eigenvalue weighted by Gasteiger charge is 2.33. The van der Waals surface area contributed by atoms with E-state index in [1.807, 2.05) is 17.0 Å². The van der Waals surface area contributed by atoms with Gasteiger partial charge < -0.3 is 16.0 Å². The van der Waals surface area contributed by atoms with E-state index in [0.717, 1.165) is 49.2 Å². The van der Waals surface area contributed by atoms with Gasteiger partial charge in [0, 0.05) is 31.2 Å². The number of carbonyl (C=O) groups excluding carboxylic acids is 1. The monoisotopic (exact) mass is 281 g/mol. The minimum Gasteiger partial charge on any atom is -0.330 e. The van der Waals surface area contributed by atoms with Gasteiger partial charge in [-0.2, -0.15) is 0 Å². The lowest BCUT2D eigenvalue weighted by molar-refractivity contribution is 0.0674. The van der Waals surface area contributed by atoms with Crippen molar-refractivity contribution in [3.05, 3.63) is 34.9 Å². The van der Waals surface area contributed by atoms with Crippen LogP contribution in [0.1, 0.15) is 34.3 Å². The summed E-state index contributed by atoms with van der Waals surface area (Å²) in [7, 11) is 0. The second-order valence-electron chi connectivity index (χ2n) is 5.13. The van der Waals surface area contributed by atoms with E-state index in [1.54, 1.807) is 0 Å². The number of nitrogens with two attached hydrogens (primary N) is 1. The molecule has 1 unspecified atom stereocenters. The van der Waals surface area contributed by atoms with E-state index in [9.17, 15) is 4.79 Å². The maximum absolute atomic E-state index is 12.4. The SMILES string of the molecule is Cl.NCc1ccc2c(c1)CN(C1CCCNC1)C2=O. The molecule has 104 valence electrons. The minimum absolute atomic E-state index is 0. The minimum atomic E-state index is 0. The summed E-state index contributed by atoms with van der Waals surface area (Å²) >= 11 is 0. The Balaban J connectivity index is 0.00000133. The molecule has 0 bridgehead atoms. The number of fused-ring (bicyclic) bond motifs is 1. The van der Waals surface area contributed by atoms with Crippen LogP contribution in [-0.2, 0) is 13.1 Å². The van der Waals surface area contributed by atoms with Crippen LogP contribution in [0.25, 0.3) is 0 Å². The Morgan fingerprint density at radius 3 is 2.95 bits per heavy atom. The van der Waals surface area contributed by atoms with Crippen LogP contribution in [0.15, 0.2) is 18.2 Å². The molecule has 2 aliphatic heterocycles. The molecule has 2 heterocycles. The van der Waals surface area contributed by atoms with Crippen LogP contribution in [0, 0.1) is 0 Å². The molecule has 1 fully saturated rings. The van der Waals surface area contributed by atoms with Crippen LogP contribution < -0.4 is 11.1 Å².